The van der Waals surface area contributed by atoms with E-state index in [2.05, 4.69) is 0 Å². The first-order valence-electron chi connectivity index (χ1n) is 3.44. The normalized spacial score (nSPS) is 6.62. The van der Waals surface area contributed by atoms with E-state index in [0.29, 0.717) is 6.42 Å². The summed E-state index contributed by atoms with van der Waals surface area (Å²) < 4.78 is 0. The van der Waals surface area contributed by atoms with Crippen LogP contribution in [0.1, 0.15) is 33.1 Å². The summed E-state index contributed by atoms with van der Waals surface area (Å²) in [5.74, 6) is -1.96. The fraction of sp³-hybridized carbons (Fsp3) is 0.714. The molecular formula is C7H12O4Pb2-2. The Bertz CT molecular complexity index is 128. The second kappa shape index (κ2) is 18.5. The van der Waals surface area contributed by atoms with Gasteiger partial charge >= 0.3 is 0 Å². The predicted octanol–water partition coefficient (Wildman–Crippen LogP) is -2.08. The third kappa shape index (κ3) is 44.4. The summed E-state index contributed by atoms with van der Waals surface area (Å²) in [6.07, 6.45) is 0.961. The second-order valence-electron chi connectivity index (χ2n) is 1.85. The molecule has 0 aliphatic heterocycles. The Kier molecular flexibility index (Phi) is 33.6. The van der Waals surface area contributed by atoms with Gasteiger partial charge in [-0.2, -0.15) is 0 Å². The molecule has 0 rings (SSSR count). The average Bonchev–Trinajstić information content (AvgIpc) is 1.89. The van der Waals surface area contributed by atoms with Crippen molar-refractivity contribution in [1.82, 2.24) is 0 Å². The zero-order valence-electron chi connectivity index (χ0n) is 7.75. The van der Waals surface area contributed by atoms with Crippen molar-refractivity contribution in [2.24, 2.45) is 0 Å². The molecule has 0 aromatic rings. The van der Waals surface area contributed by atoms with Gasteiger partial charge in [0.15, 0.2) is 0 Å². The van der Waals surface area contributed by atoms with Crippen LogP contribution in [0.15, 0.2) is 0 Å². The first kappa shape index (κ1) is 23.5. The molecule has 0 saturated heterocycles. The number of hydrogen-bond donors (Lipinski definition) is 0. The van der Waals surface area contributed by atoms with Crippen LogP contribution in [0.4, 0.5) is 0 Å². The summed E-state index contributed by atoms with van der Waals surface area (Å²) in [4.78, 5) is 18.7. The molecule has 0 aliphatic carbocycles. The minimum absolute atomic E-state index is 0. The summed E-state index contributed by atoms with van der Waals surface area (Å²) in [6, 6.07) is 0. The van der Waals surface area contributed by atoms with Crippen LogP contribution in [0.25, 0.3) is 0 Å². The van der Waals surface area contributed by atoms with E-state index in [9.17, 15) is 19.8 Å². The SMILES string of the molecule is CCC(=O)[O-].CCCC(=O)[O-].[Pb].[Pb]. The van der Waals surface area contributed by atoms with Gasteiger partial charge in [-0.3, -0.25) is 0 Å². The van der Waals surface area contributed by atoms with Crippen LogP contribution in [0.5, 0.6) is 0 Å². The van der Waals surface area contributed by atoms with E-state index in [1.54, 1.807) is 6.92 Å². The van der Waals surface area contributed by atoms with Gasteiger partial charge in [-0.1, -0.05) is 20.3 Å². The van der Waals surface area contributed by atoms with Gasteiger partial charge in [-0.25, -0.2) is 0 Å². The van der Waals surface area contributed by atoms with Crippen LogP contribution in [-0.2, 0) is 9.59 Å². The van der Waals surface area contributed by atoms with E-state index >= 15 is 0 Å². The van der Waals surface area contributed by atoms with Crippen molar-refractivity contribution in [2.45, 2.75) is 33.1 Å². The van der Waals surface area contributed by atoms with Crippen molar-refractivity contribution in [2.75, 3.05) is 0 Å². The van der Waals surface area contributed by atoms with Crippen molar-refractivity contribution in [1.29, 1.82) is 0 Å². The summed E-state index contributed by atoms with van der Waals surface area (Å²) in [6.45, 7) is 3.34. The minimum Gasteiger partial charge on any atom is -0.550 e. The average molecular weight is 575 g/mol. The molecule has 0 bridgehead atoms. The Hall–Kier alpha value is 0.784. The van der Waals surface area contributed by atoms with E-state index in [0.717, 1.165) is 0 Å². The van der Waals surface area contributed by atoms with Gasteiger partial charge in [-0.05, 0) is 12.8 Å². The van der Waals surface area contributed by atoms with Crippen LogP contribution >= 0.6 is 0 Å². The smallest absolute Gasteiger partial charge is 0.0414 e. The minimum atomic E-state index is -0.995. The third-order valence-corrected chi connectivity index (χ3v) is 0.743. The standard InChI is InChI=1S/C4H8O2.C3H6O2.2Pb/c1-2-3-4(5)6;1-2-3(4)5;;/h2-3H2,1H3,(H,5,6);2H2,1H3,(H,4,5);;/p-2. The number of rotatable bonds is 3. The Balaban J connectivity index is -0.0000000546. The van der Waals surface area contributed by atoms with E-state index in [4.69, 9.17) is 0 Å². The van der Waals surface area contributed by atoms with Crippen LogP contribution < -0.4 is 10.2 Å². The number of carbonyl (C=O) groups excluding carboxylic acids is 2. The molecule has 0 aromatic carbocycles. The van der Waals surface area contributed by atoms with Crippen molar-refractivity contribution in [3.8, 4) is 0 Å². The summed E-state index contributed by atoms with van der Waals surface area (Å²) in [7, 11) is 0. The van der Waals surface area contributed by atoms with Crippen molar-refractivity contribution < 1.29 is 19.8 Å². The Morgan fingerprint density at radius 1 is 1.00 bits per heavy atom. The molecule has 0 aliphatic rings. The van der Waals surface area contributed by atoms with Gasteiger partial charge in [0, 0.05) is 66.5 Å². The molecule has 6 heteroatoms. The van der Waals surface area contributed by atoms with Gasteiger partial charge in [-0.15, -0.1) is 0 Å². The molecule has 8 radical (unpaired) electrons. The number of hydrogen-bond acceptors (Lipinski definition) is 4. The first-order valence-corrected chi connectivity index (χ1v) is 3.44. The second-order valence-corrected chi connectivity index (χ2v) is 1.85. The number of carboxylic acid groups (broad SMARTS) is 2. The topological polar surface area (TPSA) is 80.3 Å². The zero-order valence-corrected chi connectivity index (χ0v) is 15.5. The molecule has 0 unspecified atom stereocenters. The summed E-state index contributed by atoms with van der Waals surface area (Å²) in [5.41, 5.74) is 0. The van der Waals surface area contributed by atoms with Crippen LogP contribution in [0.2, 0.25) is 0 Å². The molecule has 74 valence electrons. The van der Waals surface area contributed by atoms with Gasteiger partial charge in [0.2, 0.25) is 0 Å². The summed E-state index contributed by atoms with van der Waals surface area (Å²) in [5, 5.41) is 18.7. The fourth-order valence-electron chi connectivity index (χ4n) is 0.204. The van der Waals surface area contributed by atoms with E-state index in [1.807, 2.05) is 0 Å². The van der Waals surface area contributed by atoms with E-state index in [1.165, 1.54) is 6.92 Å². The molecule has 0 spiro atoms. The molecule has 13 heavy (non-hydrogen) atoms. The predicted molar refractivity (Wildman–Crippen MR) is 46.7 cm³/mol. The number of carbonyl (C=O) groups is 2. The van der Waals surface area contributed by atoms with E-state index < -0.39 is 11.9 Å². The molecule has 4 nitrogen and oxygen atoms in total. The van der Waals surface area contributed by atoms with Crippen LogP contribution in [0, 0.1) is 0 Å². The number of aliphatic carboxylic acids is 2. The Labute approximate surface area is 118 Å². The van der Waals surface area contributed by atoms with Gasteiger partial charge < -0.3 is 19.8 Å². The van der Waals surface area contributed by atoms with Crippen molar-refractivity contribution in [3.63, 3.8) is 0 Å². The molecule has 0 amide bonds. The monoisotopic (exact) mass is 576 g/mol. The largest absolute Gasteiger partial charge is 0.550 e. The Morgan fingerprint density at radius 2 is 1.31 bits per heavy atom. The third-order valence-electron chi connectivity index (χ3n) is 0.743. The van der Waals surface area contributed by atoms with Gasteiger partial charge in [0.05, 0.1) is 0 Å². The molecule has 0 saturated carbocycles. The van der Waals surface area contributed by atoms with Gasteiger partial charge in [0.1, 0.15) is 0 Å². The first-order chi connectivity index (χ1) is 5.04. The maximum absolute atomic E-state index is 9.49. The maximum atomic E-state index is 9.49. The zero-order chi connectivity index (χ0) is 9.28. The van der Waals surface area contributed by atoms with Crippen LogP contribution in [0.3, 0.4) is 0 Å². The van der Waals surface area contributed by atoms with E-state index in [-0.39, 0.29) is 67.4 Å². The maximum Gasteiger partial charge on any atom is 0.0414 e. The number of carboxylic acids is 2. The Morgan fingerprint density at radius 3 is 1.31 bits per heavy atom. The molecule has 0 fully saturated rings. The van der Waals surface area contributed by atoms with Crippen LogP contribution in [-0.4, -0.2) is 66.5 Å². The molecule has 0 atom stereocenters. The quantitative estimate of drug-likeness (QED) is 0.363. The molecule has 0 heterocycles. The van der Waals surface area contributed by atoms with Crippen molar-refractivity contribution >= 4 is 66.5 Å². The molecular weight excluding hydrogens is 562 g/mol. The van der Waals surface area contributed by atoms with Crippen molar-refractivity contribution in [3.05, 3.63) is 0 Å². The fourth-order valence-corrected chi connectivity index (χ4v) is 0.204. The summed E-state index contributed by atoms with van der Waals surface area (Å²) >= 11 is 0. The van der Waals surface area contributed by atoms with Gasteiger partial charge in [0.25, 0.3) is 0 Å². The molecule has 0 N–H and O–H groups in total. The molecule has 0 aromatic heterocycles.